The minimum atomic E-state index is -0.0123. The highest BCUT2D eigenvalue weighted by Crippen LogP contribution is 2.40. The Kier molecular flexibility index (Phi) is 3.06. The molecule has 0 N–H and O–H groups in total. The molecule has 3 aromatic carbocycles. The van der Waals surface area contributed by atoms with Crippen molar-refractivity contribution in [3.63, 3.8) is 0 Å². The Morgan fingerprint density at radius 1 is 0.714 bits per heavy atom. The smallest absolute Gasteiger partial charge is 0.262 e. The Bertz CT molecular complexity index is 1450. The van der Waals surface area contributed by atoms with Gasteiger partial charge in [0.25, 0.3) is 5.56 Å². The highest BCUT2D eigenvalue weighted by atomic mass is 16.1. The van der Waals surface area contributed by atoms with Gasteiger partial charge in [-0.25, -0.2) is 9.97 Å². The first-order valence-electron chi connectivity index (χ1n) is 9.28. The lowest BCUT2D eigenvalue weighted by Crippen LogP contribution is -2.20. The van der Waals surface area contributed by atoms with Crippen LogP contribution in [0, 0.1) is 0 Å². The van der Waals surface area contributed by atoms with Crippen molar-refractivity contribution in [3.05, 3.63) is 94.8 Å². The zero-order valence-corrected chi connectivity index (χ0v) is 15.0. The minimum absolute atomic E-state index is 0.0123. The predicted molar refractivity (Wildman–Crippen MR) is 111 cm³/mol. The van der Waals surface area contributed by atoms with E-state index in [1.165, 1.54) is 0 Å². The number of hydrogen-bond acceptors (Lipinski definition) is 3. The molecule has 0 aliphatic carbocycles. The zero-order valence-electron chi connectivity index (χ0n) is 15.0. The summed E-state index contributed by atoms with van der Waals surface area (Å²) in [6.45, 7) is 0.489. The van der Waals surface area contributed by atoms with E-state index >= 15 is 0 Å². The molecule has 4 nitrogen and oxygen atoms in total. The third kappa shape index (κ3) is 2.03. The van der Waals surface area contributed by atoms with Gasteiger partial charge >= 0.3 is 0 Å². The van der Waals surface area contributed by atoms with Crippen molar-refractivity contribution in [3.8, 4) is 22.6 Å². The summed E-state index contributed by atoms with van der Waals surface area (Å²) in [7, 11) is 0. The van der Waals surface area contributed by atoms with Crippen LogP contribution in [0.25, 0.3) is 44.5 Å². The van der Waals surface area contributed by atoms with Crippen LogP contribution in [0.1, 0.15) is 5.56 Å². The second-order valence-electron chi connectivity index (χ2n) is 7.04. The summed E-state index contributed by atoms with van der Waals surface area (Å²) < 4.78 is 1.76. The summed E-state index contributed by atoms with van der Waals surface area (Å²) in [5, 5.41) is 1.74. The van der Waals surface area contributed by atoms with Crippen LogP contribution in [-0.2, 0) is 6.54 Å². The first-order chi connectivity index (χ1) is 13.8. The minimum Gasteiger partial charge on any atom is -0.286 e. The van der Waals surface area contributed by atoms with Crippen molar-refractivity contribution in [1.82, 2.24) is 14.5 Å². The van der Waals surface area contributed by atoms with E-state index in [1.54, 1.807) is 4.57 Å². The summed E-state index contributed by atoms with van der Waals surface area (Å²) >= 11 is 0. The summed E-state index contributed by atoms with van der Waals surface area (Å²) in [4.78, 5) is 22.8. The molecule has 5 aromatic rings. The molecule has 4 heteroatoms. The van der Waals surface area contributed by atoms with Gasteiger partial charge in [0.1, 0.15) is 5.69 Å². The number of rotatable bonds is 1. The molecule has 6 rings (SSSR count). The Morgan fingerprint density at radius 2 is 1.36 bits per heavy atom. The number of nitrogens with zero attached hydrogens (tertiary/aromatic N) is 3. The van der Waals surface area contributed by atoms with Crippen molar-refractivity contribution >= 4 is 21.8 Å². The van der Waals surface area contributed by atoms with Crippen molar-refractivity contribution < 1.29 is 0 Å². The van der Waals surface area contributed by atoms with E-state index in [0.29, 0.717) is 23.3 Å². The molecule has 0 atom stereocenters. The molecular weight excluding hydrogens is 346 g/mol. The molecular formula is C24H15N3O. The molecule has 1 aliphatic heterocycles. The van der Waals surface area contributed by atoms with Crippen LogP contribution < -0.4 is 5.56 Å². The van der Waals surface area contributed by atoms with Crippen molar-refractivity contribution in [2.24, 2.45) is 0 Å². The summed E-state index contributed by atoms with van der Waals surface area (Å²) in [5.41, 5.74) is 5.74. The Morgan fingerprint density at radius 3 is 2.14 bits per heavy atom. The summed E-state index contributed by atoms with van der Waals surface area (Å²) in [6.07, 6.45) is 0. The van der Waals surface area contributed by atoms with Gasteiger partial charge in [0.15, 0.2) is 5.82 Å². The highest BCUT2D eigenvalue weighted by Gasteiger charge is 2.28. The van der Waals surface area contributed by atoms with Gasteiger partial charge in [-0.3, -0.25) is 9.36 Å². The molecule has 0 saturated carbocycles. The molecule has 1 aliphatic rings. The van der Waals surface area contributed by atoms with Gasteiger partial charge in [-0.2, -0.15) is 0 Å². The fourth-order valence-corrected chi connectivity index (χ4v) is 4.18. The molecule has 0 bridgehead atoms. The molecule has 0 fully saturated rings. The average Bonchev–Trinajstić information content (AvgIpc) is 3.11. The number of benzene rings is 3. The third-order valence-corrected chi connectivity index (χ3v) is 5.45. The molecule has 0 saturated heterocycles. The number of hydrogen-bond donors (Lipinski definition) is 0. The topological polar surface area (TPSA) is 47.8 Å². The normalized spacial score (nSPS) is 12.3. The second-order valence-corrected chi connectivity index (χ2v) is 7.04. The molecule has 28 heavy (non-hydrogen) atoms. The van der Waals surface area contributed by atoms with E-state index in [9.17, 15) is 4.79 Å². The van der Waals surface area contributed by atoms with Crippen LogP contribution in [0.5, 0.6) is 0 Å². The van der Waals surface area contributed by atoms with Crippen molar-refractivity contribution in [2.75, 3.05) is 0 Å². The van der Waals surface area contributed by atoms with Gasteiger partial charge in [0.05, 0.1) is 23.0 Å². The first-order valence-corrected chi connectivity index (χ1v) is 9.28. The fourth-order valence-electron chi connectivity index (χ4n) is 4.18. The molecule has 0 spiro atoms. The largest absolute Gasteiger partial charge is 0.286 e. The lowest BCUT2D eigenvalue weighted by molar-refractivity contribution is 0.798. The van der Waals surface area contributed by atoms with Gasteiger partial charge in [-0.05, 0) is 29.3 Å². The van der Waals surface area contributed by atoms with Gasteiger partial charge in [0, 0.05) is 10.9 Å². The van der Waals surface area contributed by atoms with E-state index in [0.717, 1.165) is 33.3 Å². The van der Waals surface area contributed by atoms with Gasteiger partial charge in [-0.1, -0.05) is 60.7 Å². The lowest BCUT2D eigenvalue weighted by atomic mass is 9.95. The maximum absolute atomic E-state index is 13.1. The van der Waals surface area contributed by atoms with Crippen LogP contribution in [0.2, 0.25) is 0 Å². The Balaban J connectivity index is 1.76. The van der Waals surface area contributed by atoms with Gasteiger partial charge < -0.3 is 0 Å². The average molecular weight is 361 g/mol. The molecule has 0 amide bonds. The van der Waals surface area contributed by atoms with Crippen molar-refractivity contribution in [2.45, 2.75) is 6.54 Å². The maximum atomic E-state index is 13.1. The van der Waals surface area contributed by atoms with E-state index in [1.807, 2.05) is 60.7 Å². The monoisotopic (exact) mass is 361 g/mol. The number of pyridine rings is 1. The fraction of sp³-hybridized carbons (Fsp3) is 0.0417. The lowest BCUT2D eigenvalue weighted by Gasteiger charge is -2.12. The van der Waals surface area contributed by atoms with Gasteiger partial charge in [-0.15, -0.1) is 0 Å². The molecule has 0 unspecified atom stereocenters. The highest BCUT2D eigenvalue weighted by molar-refractivity contribution is 5.99. The number of aromatic nitrogens is 3. The SMILES string of the molecule is O=c1c2ccccc2nc2n1Cc1c-2nc2ccccc2c1-c1ccccc1. The van der Waals surface area contributed by atoms with Crippen LogP contribution in [-0.4, -0.2) is 14.5 Å². The maximum Gasteiger partial charge on any atom is 0.262 e. The van der Waals surface area contributed by atoms with Crippen LogP contribution in [0.3, 0.4) is 0 Å². The van der Waals surface area contributed by atoms with E-state index in [-0.39, 0.29) is 5.56 Å². The predicted octanol–water partition coefficient (Wildman–Crippen LogP) is 4.64. The molecule has 3 heterocycles. The Hall–Kier alpha value is -3.79. The van der Waals surface area contributed by atoms with Crippen LogP contribution in [0.4, 0.5) is 0 Å². The quantitative estimate of drug-likeness (QED) is 0.429. The molecule has 2 aromatic heterocycles. The van der Waals surface area contributed by atoms with Gasteiger partial charge in [0.2, 0.25) is 0 Å². The Labute approximate surface area is 160 Å². The van der Waals surface area contributed by atoms with Crippen LogP contribution in [0.15, 0.2) is 83.7 Å². The molecule has 0 radical (unpaired) electrons. The second kappa shape index (κ2) is 5.60. The molecule has 132 valence electrons. The third-order valence-electron chi connectivity index (χ3n) is 5.45. The standard InChI is InChI=1S/C24H15N3O/c28-24-17-11-5-7-13-20(17)26-23-22-18(14-27(23)24)21(15-8-2-1-3-9-15)16-10-4-6-12-19(16)25-22/h1-13H,14H2. The van der Waals surface area contributed by atoms with Crippen molar-refractivity contribution in [1.29, 1.82) is 0 Å². The van der Waals surface area contributed by atoms with E-state index < -0.39 is 0 Å². The number of para-hydroxylation sites is 2. The van der Waals surface area contributed by atoms with E-state index in [4.69, 9.17) is 9.97 Å². The first kappa shape index (κ1) is 15.3. The summed E-state index contributed by atoms with van der Waals surface area (Å²) in [6, 6.07) is 26.0. The zero-order chi connectivity index (χ0) is 18.7. The van der Waals surface area contributed by atoms with Crippen LogP contribution >= 0.6 is 0 Å². The van der Waals surface area contributed by atoms with E-state index in [2.05, 4.69) is 18.2 Å². The number of fused-ring (bicyclic) bond motifs is 5. The summed E-state index contributed by atoms with van der Waals surface area (Å²) in [5.74, 6) is 0.654.